The lowest BCUT2D eigenvalue weighted by Crippen LogP contribution is -2.44. The average molecular weight is 244 g/mol. The van der Waals surface area contributed by atoms with Gasteiger partial charge in [-0.2, -0.15) is 0 Å². The smallest absolute Gasteiger partial charge is 0.303 e. The molecule has 0 fully saturated rings. The quantitative estimate of drug-likeness (QED) is 0.593. The standard InChI is InChI=1S/C12H24N2O3/c1-8(2)11(13)12(17)14-7-6-9(3)4-5-10(15)16/h8-9,11H,4-7,13H2,1-3H3,(H,14,17)(H,15,16)/t9?,11-/m1/s1. The zero-order valence-corrected chi connectivity index (χ0v) is 10.9. The van der Waals surface area contributed by atoms with Crippen molar-refractivity contribution in [3.05, 3.63) is 0 Å². The average Bonchev–Trinajstić information content (AvgIpc) is 2.24. The van der Waals surface area contributed by atoms with Gasteiger partial charge in [-0.05, 0) is 24.7 Å². The molecule has 2 atom stereocenters. The highest BCUT2D eigenvalue weighted by Gasteiger charge is 2.16. The Bertz CT molecular complexity index is 254. The summed E-state index contributed by atoms with van der Waals surface area (Å²) in [6, 6.07) is -0.468. The predicted octanol–water partition coefficient (Wildman–Crippen LogP) is 0.977. The summed E-state index contributed by atoms with van der Waals surface area (Å²) in [5.74, 6) is -0.491. The molecule has 0 saturated carbocycles. The fraction of sp³-hybridized carbons (Fsp3) is 0.833. The highest BCUT2D eigenvalue weighted by Crippen LogP contribution is 2.09. The molecule has 4 N–H and O–H groups in total. The SMILES string of the molecule is CC(CCNC(=O)[C@H](N)C(C)C)CCC(=O)O. The Morgan fingerprint density at radius 3 is 2.29 bits per heavy atom. The molecule has 5 nitrogen and oxygen atoms in total. The van der Waals surface area contributed by atoms with Gasteiger partial charge < -0.3 is 16.2 Å². The van der Waals surface area contributed by atoms with Crippen LogP contribution < -0.4 is 11.1 Å². The summed E-state index contributed by atoms with van der Waals surface area (Å²) in [5, 5.41) is 11.3. The van der Waals surface area contributed by atoms with Crippen LogP contribution >= 0.6 is 0 Å². The largest absolute Gasteiger partial charge is 0.481 e. The molecule has 0 aromatic rings. The summed E-state index contributed by atoms with van der Waals surface area (Å²) in [5.41, 5.74) is 5.69. The van der Waals surface area contributed by atoms with Crippen molar-refractivity contribution in [1.82, 2.24) is 5.32 Å². The zero-order chi connectivity index (χ0) is 13.4. The highest BCUT2D eigenvalue weighted by atomic mass is 16.4. The predicted molar refractivity (Wildman–Crippen MR) is 66.5 cm³/mol. The van der Waals surface area contributed by atoms with Crippen LogP contribution in [0.3, 0.4) is 0 Å². The number of carboxylic acid groups (broad SMARTS) is 1. The van der Waals surface area contributed by atoms with Crippen molar-refractivity contribution in [2.24, 2.45) is 17.6 Å². The Morgan fingerprint density at radius 1 is 1.24 bits per heavy atom. The number of carbonyl (C=O) groups excluding carboxylic acids is 1. The Hall–Kier alpha value is -1.10. The van der Waals surface area contributed by atoms with Crippen LogP contribution in [0.1, 0.15) is 40.0 Å². The minimum Gasteiger partial charge on any atom is -0.481 e. The summed E-state index contributed by atoms with van der Waals surface area (Å²) in [6.45, 7) is 6.34. The van der Waals surface area contributed by atoms with E-state index in [2.05, 4.69) is 5.32 Å². The van der Waals surface area contributed by atoms with E-state index in [1.165, 1.54) is 0 Å². The second-order valence-electron chi connectivity index (χ2n) is 4.89. The number of carbonyl (C=O) groups is 2. The van der Waals surface area contributed by atoms with Crippen molar-refractivity contribution >= 4 is 11.9 Å². The molecule has 5 heteroatoms. The second kappa shape index (κ2) is 8.06. The van der Waals surface area contributed by atoms with Gasteiger partial charge in [0, 0.05) is 13.0 Å². The van der Waals surface area contributed by atoms with Crippen LogP contribution in [-0.2, 0) is 9.59 Å². The Labute approximate surface area is 103 Å². The van der Waals surface area contributed by atoms with Gasteiger partial charge in [0.2, 0.25) is 5.91 Å². The van der Waals surface area contributed by atoms with Crippen LogP contribution in [0.4, 0.5) is 0 Å². The van der Waals surface area contributed by atoms with Gasteiger partial charge in [0.15, 0.2) is 0 Å². The number of aliphatic carboxylic acids is 1. The van der Waals surface area contributed by atoms with Crippen molar-refractivity contribution in [2.75, 3.05) is 6.54 Å². The zero-order valence-electron chi connectivity index (χ0n) is 10.9. The van der Waals surface area contributed by atoms with Gasteiger partial charge >= 0.3 is 5.97 Å². The molecule has 0 aromatic heterocycles. The van der Waals surface area contributed by atoms with E-state index in [0.29, 0.717) is 18.9 Å². The van der Waals surface area contributed by atoms with Crippen molar-refractivity contribution in [1.29, 1.82) is 0 Å². The first-order valence-electron chi connectivity index (χ1n) is 6.09. The lowest BCUT2D eigenvalue weighted by molar-refractivity contribution is -0.137. The van der Waals surface area contributed by atoms with E-state index < -0.39 is 12.0 Å². The first kappa shape index (κ1) is 15.9. The van der Waals surface area contributed by atoms with E-state index in [4.69, 9.17) is 10.8 Å². The molecule has 100 valence electrons. The van der Waals surface area contributed by atoms with Crippen LogP contribution in [0, 0.1) is 11.8 Å². The molecule has 1 amide bonds. The van der Waals surface area contributed by atoms with E-state index in [9.17, 15) is 9.59 Å². The number of nitrogens with two attached hydrogens (primary N) is 1. The number of carboxylic acids is 1. The summed E-state index contributed by atoms with van der Waals surface area (Å²) in [6.07, 6.45) is 1.60. The van der Waals surface area contributed by atoms with Crippen LogP contribution in [0.15, 0.2) is 0 Å². The Balaban J connectivity index is 3.69. The molecule has 0 spiro atoms. The third kappa shape index (κ3) is 7.74. The molecule has 0 bridgehead atoms. The van der Waals surface area contributed by atoms with Crippen LogP contribution in [-0.4, -0.2) is 29.6 Å². The Morgan fingerprint density at radius 2 is 1.82 bits per heavy atom. The monoisotopic (exact) mass is 244 g/mol. The van der Waals surface area contributed by atoms with Crippen LogP contribution in [0.5, 0.6) is 0 Å². The molecule has 0 aliphatic rings. The normalized spacial score (nSPS) is 14.4. The lowest BCUT2D eigenvalue weighted by Gasteiger charge is -2.16. The molecule has 0 radical (unpaired) electrons. The molecule has 0 heterocycles. The van der Waals surface area contributed by atoms with Gasteiger partial charge in [-0.1, -0.05) is 20.8 Å². The molecule has 0 aliphatic heterocycles. The van der Waals surface area contributed by atoms with E-state index in [-0.39, 0.29) is 18.2 Å². The van der Waals surface area contributed by atoms with E-state index in [0.717, 1.165) is 6.42 Å². The van der Waals surface area contributed by atoms with E-state index >= 15 is 0 Å². The fourth-order valence-corrected chi connectivity index (χ4v) is 1.38. The number of nitrogens with one attached hydrogen (secondary N) is 1. The summed E-state index contributed by atoms with van der Waals surface area (Å²) in [7, 11) is 0. The van der Waals surface area contributed by atoms with Gasteiger partial charge in [-0.15, -0.1) is 0 Å². The van der Waals surface area contributed by atoms with Crippen LogP contribution in [0.25, 0.3) is 0 Å². The van der Waals surface area contributed by atoms with Crippen molar-refractivity contribution in [2.45, 2.75) is 46.1 Å². The molecule has 0 aromatic carbocycles. The topological polar surface area (TPSA) is 92.4 Å². The van der Waals surface area contributed by atoms with Crippen molar-refractivity contribution < 1.29 is 14.7 Å². The van der Waals surface area contributed by atoms with Gasteiger partial charge in [-0.25, -0.2) is 0 Å². The number of hydrogen-bond acceptors (Lipinski definition) is 3. The molecule has 17 heavy (non-hydrogen) atoms. The molecule has 0 rings (SSSR count). The van der Waals surface area contributed by atoms with Gasteiger partial charge in [0.1, 0.15) is 0 Å². The maximum atomic E-state index is 11.5. The Kier molecular flexibility index (Phi) is 7.54. The number of hydrogen-bond donors (Lipinski definition) is 3. The molecule has 0 aliphatic carbocycles. The minimum atomic E-state index is -0.775. The third-order valence-corrected chi connectivity index (χ3v) is 2.81. The maximum Gasteiger partial charge on any atom is 0.303 e. The number of rotatable bonds is 8. The van der Waals surface area contributed by atoms with Crippen molar-refractivity contribution in [3.8, 4) is 0 Å². The summed E-state index contributed by atoms with van der Waals surface area (Å²) >= 11 is 0. The van der Waals surface area contributed by atoms with Crippen LogP contribution in [0.2, 0.25) is 0 Å². The molecule has 1 unspecified atom stereocenters. The third-order valence-electron chi connectivity index (χ3n) is 2.81. The molecular formula is C12H24N2O3. The lowest BCUT2D eigenvalue weighted by atomic mass is 10.0. The van der Waals surface area contributed by atoms with E-state index in [1.54, 1.807) is 0 Å². The van der Waals surface area contributed by atoms with Gasteiger partial charge in [-0.3, -0.25) is 9.59 Å². The van der Waals surface area contributed by atoms with Crippen molar-refractivity contribution in [3.63, 3.8) is 0 Å². The maximum absolute atomic E-state index is 11.5. The molecular weight excluding hydrogens is 220 g/mol. The van der Waals surface area contributed by atoms with Gasteiger partial charge in [0.05, 0.1) is 6.04 Å². The minimum absolute atomic E-state index is 0.124. The fourth-order valence-electron chi connectivity index (χ4n) is 1.38. The number of amides is 1. The second-order valence-corrected chi connectivity index (χ2v) is 4.89. The highest BCUT2D eigenvalue weighted by molar-refractivity contribution is 5.81. The first-order valence-corrected chi connectivity index (χ1v) is 6.09. The van der Waals surface area contributed by atoms with E-state index in [1.807, 2.05) is 20.8 Å². The molecule has 0 saturated heterocycles. The van der Waals surface area contributed by atoms with Gasteiger partial charge in [0.25, 0.3) is 0 Å². The summed E-state index contributed by atoms with van der Waals surface area (Å²) < 4.78 is 0. The first-order chi connectivity index (χ1) is 7.84. The summed E-state index contributed by atoms with van der Waals surface area (Å²) in [4.78, 5) is 21.9.